The molecule has 0 spiro atoms. The van der Waals surface area contributed by atoms with Crippen LogP contribution in [0.1, 0.15) is 56.0 Å². The number of rotatable bonds is 4. The summed E-state index contributed by atoms with van der Waals surface area (Å²) < 4.78 is 5.43. The molecule has 6 nitrogen and oxygen atoms in total. The molecule has 1 aliphatic carbocycles. The number of aryl methyl sites for hydroxylation is 1. The summed E-state index contributed by atoms with van der Waals surface area (Å²) in [4.78, 5) is 25.3. The highest BCUT2D eigenvalue weighted by Crippen LogP contribution is 2.44. The van der Waals surface area contributed by atoms with Gasteiger partial charge in [0.15, 0.2) is 0 Å². The molecule has 1 aliphatic rings. The molecule has 3 N–H and O–H groups in total. The van der Waals surface area contributed by atoms with Crippen molar-refractivity contribution >= 4 is 5.97 Å². The molecular formula is C20H26N2O4. The van der Waals surface area contributed by atoms with Crippen molar-refractivity contribution in [3.8, 4) is 0 Å². The molecule has 6 heteroatoms. The summed E-state index contributed by atoms with van der Waals surface area (Å²) in [5.74, 6) is -1.91. The molecule has 0 aliphatic heterocycles. The molecule has 3 rings (SSSR count). The van der Waals surface area contributed by atoms with Crippen LogP contribution in [0.2, 0.25) is 0 Å². The second kappa shape index (κ2) is 6.76. The predicted molar refractivity (Wildman–Crippen MR) is 98.1 cm³/mol. The van der Waals surface area contributed by atoms with Crippen molar-refractivity contribution in [1.82, 2.24) is 10.2 Å². The summed E-state index contributed by atoms with van der Waals surface area (Å²) in [5.41, 5.74) is 1.53. The molecule has 140 valence electrons. The molecule has 0 fully saturated rings. The third-order valence-electron chi connectivity index (χ3n) is 5.10. The van der Waals surface area contributed by atoms with E-state index in [9.17, 15) is 14.7 Å². The van der Waals surface area contributed by atoms with E-state index in [0.717, 1.165) is 12.0 Å². The number of benzene rings is 1. The van der Waals surface area contributed by atoms with Crippen molar-refractivity contribution < 1.29 is 14.6 Å². The second-order valence-corrected chi connectivity index (χ2v) is 7.54. The fourth-order valence-corrected chi connectivity index (χ4v) is 3.88. The van der Waals surface area contributed by atoms with Gasteiger partial charge in [0.2, 0.25) is 0 Å². The topological polar surface area (TPSA) is 95.2 Å². The molecule has 0 radical (unpaired) electrons. The van der Waals surface area contributed by atoms with E-state index in [1.165, 1.54) is 5.56 Å². The number of aliphatic hydroxyl groups is 1. The number of aromatic nitrogens is 2. The van der Waals surface area contributed by atoms with Gasteiger partial charge in [-0.3, -0.25) is 14.7 Å². The molecule has 3 atom stereocenters. The van der Waals surface area contributed by atoms with E-state index in [-0.39, 0.29) is 18.1 Å². The van der Waals surface area contributed by atoms with Crippen molar-refractivity contribution in [3.05, 3.63) is 57.0 Å². The van der Waals surface area contributed by atoms with Crippen LogP contribution in [0.5, 0.6) is 0 Å². The van der Waals surface area contributed by atoms with E-state index >= 15 is 0 Å². The normalized spacial score (nSPS) is 25.2. The van der Waals surface area contributed by atoms with Gasteiger partial charge in [0.1, 0.15) is 0 Å². The first-order valence-electron chi connectivity index (χ1n) is 9.05. The largest absolute Gasteiger partial charge is 0.463 e. The Balaban J connectivity index is 2.16. The van der Waals surface area contributed by atoms with Gasteiger partial charge in [-0.2, -0.15) is 0 Å². The SMILES string of the molecule is CCc1ccc([C@H]2c3c([nH][nH]c3=O)C[C@@](C)(O)[C@@H]2C(=O)OC(C)C)cc1. The smallest absolute Gasteiger partial charge is 0.313 e. The number of aromatic amines is 2. The average molecular weight is 358 g/mol. The van der Waals surface area contributed by atoms with E-state index in [1.807, 2.05) is 24.3 Å². The number of H-pyrrole nitrogens is 2. The lowest BCUT2D eigenvalue weighted by Crippen LogP contribution is -2.50. The van der Waals surface area contributed by atoms with Gasteiger partial charge in [0, 0.05) is 23.6 Å². The lowest BCUT2D eigenvalue weighted by Gasteiger charge is -2.40. The summed E-state index contributed by atoms with van der Waals surface area (Å²) in [6, 6.07) is 7.83. The Hall–Kier alpha value is -2.34. The molecule has 1 heterocycles. The molecular weight excluding hydrogens is 332 g/mol. The average Bonchev–Trinajstić information content (AvgIpc) is 2.92. The number of carbonyl (C=O) groups is 1. The van der Waals surface area contributed by atoms with E-state index in [2.05, 4.69) is 17.1 Å². The summed E-state index contributed by atoms with van der Waals surface area (Å²) in [6.07, 6.45) is 0.785. The van der Waals surface area contributed by atoms with Crippen LogP contribution in [-0.2, 0) is 22.4 Å². The number of ether oxygens (including phenoxy) is 1. The molecule has 26 heavy (non-hydrogen) atoms. The van der Waals surface area contributed by atoms with Gasteiger partial charge in [-0.05, 0) is 38.3 Å². The number of nitrogens with one attached hydrogen (secondary N) is 2. The molecule has 0 unspecified atom stereocenters. The quantitative estimate of drug-likeness (QED) is 0.731. The van der Waals surface area contributed by atoms with Gasteiger partial charge in [0.05, 0.1) is 17.6 Å². The Morgan fingerprint density at radius 1 is 1.31 bits per heavy atom. The van der Waals surface area contributed by atoms with Crippen molar-refractivity contribution in [3.63, 3.8) is 0 Å². The number of carbonyl (C=O) groups excluding carboxylic acids is 1. The van der Waals surface area contributed by atoms with Gasteiger partial charge < -0.3 is 14.9 Å². The highest BCUT2D eigenvalue weighted by atomic mass is 16.5. The van der Waals surface area contributed by atoms with Crippen LogP contribution < -0.4 is 5.56 Å². The van der Waals surface area contributed by atoms with Crippen LogP contribution >= 0.6 is 0 Å². The van der Waals surface area contributed by atoms with Crippen LogP contribution in [0.25, 0.3) is 0 Å². The van der Waals surface area contributed by atoms with Gasteiger partial charge >= 0.3 is 5.97 Å². The first kappa shape index (κ1) is 18.5. The summed E-state index contributed by atoms with van der Waals surface area (Å²) in [7, 11) is 0. The fourth-order valence-electron chi connectivity index (χ4n) is 3.88. The number of hydrogen-bond acceptors (Lipinski definition) is 4. The molecule has 0 bridgehead atoms. The Labute approximate surface area is 152 Å². The van der Waals surface area contributed by atoms with E-state index < -0.39 is 23.4 Å². The third-order valence-corrected chi connectivity index (χ3v) is 5.10. The van der Waals surface area contributed by atoms with Crippen molar-refractivity contribution in [2.24, 2.45) is 5.92 Å². The number of hydrogen-bond donors (Lipinski definition) is 3. The maximum absolute atomic E-state index is 12.9. The summed E-state index contributed by atoms with van der Waals surface area (Å²) in [6.45, 7) is 7.24. The standard InChI is InChI=1S/C20H26N2O4/c1-5-12-6-8-13(9-7-12)15-16-14(21-22-18(16)23)10-20(4,25)17(15)19(24)26-11(2)3/h6-9,11,15,17,25H,5,10H2,1-4H3,(H2,21,22,23)/t15-,17-,20+/m0/s1. The minimum atomic E-state index is -1.34. The maximum atomic E-state index is 12.9. The Kier molecular flexibility index (Phi) is 4.80. The van der Waals surface area contributed by atoms with E-state index in [0.29, 0.717) is 11.3 Å². The van der Waals surface area contributed by atoms with Crippen molar-refractivity contribution in [2.75, 3.05) is 0 Å². The van der Waals surface area contributed by atoms with Crippen LogP contribution in [0, 0.1) is 5.92 Å². The van der Waals surface area contributed by atoms with Gasteiger partial charge in [0.25, 0.3) is 5.56 Å². The highest BCUT2D eigenvalue weighted by Gasteiger charge is 2.51. The highest BCUT2D eigenvalue weighted by molar-refractivity contribution is 5.77. The summed E-state index contributed by atoms with van der Waals surface area (Å²) >= 11 is 0. The van der Waals surface area contributed by atoms with Gasteiger partial charge in [-0.15, -0.1) is 0 Å². The molecule has 0 amide bonds. The van der Waals surface area contributed by atoms with Gasteiger partial charge in [-0.1, -0.05) is 31.2 Å². The van der Waals surface area contributed by atoms with Crippen LogP contribution in [0.15, 0.2) is 29.1 Å². The zero-order valence-corrected chi connectivity index (χ0v) is 15.6. The minimum absolute atomic E-state index is 0.183. The molecule has 0 saturated carbocycles. The molecule has 1 aromatic heterocycles. The fraction of sp³-hybridized carbons (Fsp3) is 0.500. The van der Waals surface area contributed by atoms with Crippen LogP contribution in [-0.4, -0.2) is 33.0 Å². The lowest BCUT2D eigenvalue weighted by atomic mass is 9.66. The zero-order chi connectivity index (χ0) is 19.1. The Morgan fingerprint density at radius 2 is 1.96 bits per heavy atom. The Bertz CT molecular complexity index is 845. The first-order chi connectivity index (χ1) is 12.2. The predicted octanol–water partition coefficient (Wildman–Crippen LogP) is 2.27. The third kappa shape index (κ3) is 3.21. The van der Waals surface area contributed by atoms with Crippen LogP contribution in [0.4, 0.5) is 0 Å². The van der Waals surface area contributed by atoms with E-state index in [4.69, 9.17) is 4.74 Å². The minimum Gasteiger partial charge on any atom is -0.463 e. The molecule has 2 aromatic rings. The monoisotopic (exact) mass is 358 g/mol. The van der Waals surface area contributed by atoms with Crippen LogP contribution in [0.3, 0.4) is 0 Å². The molecule has 0 saturated heterocycles. The first-order valence-corrected chi connectivity index (χ1v) is 9.05. The second-order valence-electron chi connectivity index (χ2n) is 7.54. The molecule has 1 aromatic carbocycles. The number of fused-ring (bicyclic) bond motifs is 1. The van der Waals surface area contributed by atoms with Crippen molar-refractivity contribution in [1.29, 1.82) is 0 Å². The van der Waals surface area contributed by atoms with E-state index in [1.54, 1.807) is 20.8 Å². The lowest BCUT2D eigenvalue weighted by molar-refractivity contribution is -0.163. The maximum Gasteiger partial charge on any atom is 0.313 e. The van der Waals surface area contributed by atoms with Crippen molar-refractivity contribution in [2.45, 2.75) is 58.2 Å². The van der Waals surface area contributed by atoms with Gasteiger partial charge in [-0.25, -0.2) is 0 Å². The zero-order valence-electron chi connectivity index (χ0n) is 15.6. The Morgan fingerprint density at radius 3 is 2.54 bits per heavy atom. The summed E-state index contributed by atoms with van der Waals surface area (Å²) in [5, 5.41) is 16.5. The number of esters is 1.